The lowest BCUT2D eigenvalue weighted by Crippen LogP contribution is -2.05. The van der Waals surface area contributed by atoms with Crippen LogP contribution in [0.5, 0.6) is 0 Å². The van der Waals surface area contributed by atoms with Gasteiger partial charge in [0.25, 0.3) is 0 Å². The maximum atomic E-state index is 4.07. The van der Waals surface area contributed by atoms with Crippen molar-refractivity contribution < 1.29 is 0 Å². The molecular formula is C16H20N4. The van der Waals surface area contributed by atoms with Gasteiger partial charge in [-0.1, -0.05) is 6.07 Å². The number of imidazole rings is 1. The van der Waals surface area contributed by atoms with E-state index in [4.69, 9.17) is 0 Å². The van der Waals surface area contributed by atoms with Crippen molar-refractivity contribution in [2.45, 2.75) is 26.1 Å². The fraction of sp³-hybridized carbons (Fsp3) is 0.312. The van der Waals surface area contributed by atoms with Gasteiger partial charge in [0.1, 0.15) is 0 Å². The van der Waals surface area contributed by atoms with E-state index in [1.165, 1.54) is 16.5 Å². The van der Waals surface area contributed by atoms with Gasteiger partial charge in [-0.2, -0.15) is 0 Å². The second kappa shape index (κ2) is 5.92. The van der Waals surface area contributed by atoms with Crippen LogP contribution in [0.1, 0.15) is 12.0 Å². The van der Waals surface area contributed by atoms with E-state index in [9.17, 15) is 0 Å². The first-order valence-electron chi connectivity index (χ1n) is 7.05. The first-order chi connectivity index (χ1) is 9.86. The van der Waals surface area contributed by atoms with Crippen molar-refractivity contribution >= 4 is 10.9 Å². The molecule has 0 unspecified atom stereocenters. The second-order valence-electron chi connectivity index (χ2n) is 5.09. The molecule has 20 heavy (non-hydrogen) atoms. The largest absolute Gasteiger partial charge is 0.347 e. The van der Waals surface area contributed by atoms with E-state index in [1.54, 1.807) is 0 Å². The number of rotatable bonds is 6. The predicted molar refractivity (Wildman–Crippen MR) is 81.5 cm³/mol. The average molecular weight is 268 g/mol. The van der Waals surface area contributed by atoms with Crippen molar-refractivity contribution in [3.63, 3.8) is 0 Å². The Morgan fingerprint density at radius 1 is 1.15 bits per heavy atom. The number of nitrogens with zero attached hydrogens (tertiary/aromatic N) is 3. The molecule has 2 aromatic heterocycles. The van der Waals surface area contributed by atoms with Crippen molar-refractivity contribution in [1.82, 2.24) is 19.4 Å². The highest BCUT2D eigenvalue weighted by Gasteiger charge is 2.02. The first kappa shape index (κ1) is 12.9. The Morgan fingerprint density at radius 2 is 2.10 bits per heavy atom. The van der Waals surface area contributed by atoms with Gasteiger partial charge in [-0.05, 0) is 42.6 Å². The zero-order chi connectivity index (χ0) is 13.8. The summed E-state index contributed by atoms with van der Waals surface area (Å²) in [5.74, 6) is 0. The molecule has 3 rings (SSSR count). The molecule has 0 saturated heterocycles. The summed E-state index contributed by atoms with van der Waals surface area (Å²) in [5, 5.41) is 4.51. The maximum Gasteiger partial charge on any atom is 0.0945 e. The summed E-state index contributed by atoms with van der Waals surface area (Å²) in [6, 6.07) is 8.88. The van der Waals surface area contributed by atoms with Crippen LogP contribution in [0.4, 0.5) is 0 Å². The fourth-order valence-corrected chi connectivity index (χ4v) is 2.60. The molecule has 0 aliphatic carbocycles. The van der Waals surface area contributed by atoms with E-state index >= 15 is 0 Å². The topological polar surface area (TPSA) is 34.8 Å². The Labute approximate surface area is 119 Å². The molecule has 1 N–H and O–H groups in total. The fourth-order valence-electron chi connectivity index (χ4n) is 2.60. The number of fused-ring (bicyclic) bond motifs is 1. The smallest absolute Gasteiger partial charge is 0.0945 e. The van der Waals surface area contributed by atoms with Crippen LogP contribution in [0.15, 0.2) is 49.2 Å². The van der Waals surface area contributed by atoms with E-state index < -0.39 is 0 Å². The molecule has 0 saturated carbocycles. The number of benzene rings is 1. The Balaban J connectivity index is 1.69. The standard InChI is InChI=1S/C16H20N4/c1-17-12-14-3-4-16-15(11-14)5-9-20(16)8-2-7-19-10-6-18-13-19/h3-6,9-11,13,17H,2,7-8,12H2,1H3. The monoisotopic (exact) mass is 268 g/mol. The molecule has 3 aromatic rings. The zero-order valence-corrected chi connectivity index (χ0v) is 11.8. The normalized spacial score (nSPS) is 11.2. The van der Waals surface area contributed by atoms with E-state index in [0.717, 1.165) is 26.1 Å². The Morgan fingerprint density at radius 3 is 2.90 bits per heavy atom. The number of aryl methyl sites for hydroxylation is 2. The summed E-state index contributed by atoms with van der Waals surface area (Å²) in [6.07, 6.45) is 9.00. The SMILES string of the molecule is CNCc1ccc2c(ccn2CCCn2ccnc2)c1. The van der Waals surface area contributed by atoms with Crippen LogP contribution in [0, 0.1) is 0 Å². The van der Waals surface area contributed by atoms with Crippen LogP contribution in [0.25, 0.3) is 10.9 Å². The maximum absolute atomic E-state index is 4.07. The molecule has 0 spiro atoms. The molecule has 0 fully saturated rings. The van der Waals surface area contributed by atoms with E-state index in [-0.39, 0.29) is 0 Å². The molecule has 0 bridgehead atoms. The Kier molecular flexibility index (Phi) is 3.83. The highest BCUT2D eigenvalue weighted by Crippen LogP contribution is 2.18. The molecule has 2 heterocycles. The highest BCUT2D eigenvalue weighted by atomic mass is 15.0. The van der Waals surface area contributed by atoms with Gasteiger partial charge in [0.05, 0.1) is 6.33 Å². The molecule has 4 heteroatoms. The van der Waals surface area contributed by atoms with Crippen molar-refractivity contribution in [2.24, 2.45) is 0 Å². The van der Waals surface area contributed by atoms with Crippen molar-refractivity contribution in [2.75, 3.05) is 7.05 Å². The van der Waals surface area contributed by atoms with Crippen LogP contribution in [-0.4, -0.2) is 21.2 Å². The van der Waals surface area contributed by atoms with Crippen molar-refractivity contribution in [3.05, 3.63) is 54.7 Å². The molecule has 0 aliphatic heterocycles. The predicted octanol–water partition coefficient (Wildman–Crippen LogP) is 2.65. The number of aromatic nitrogens is 3. The summed E-state index contributed by atoms with van der Waals surface area (Å²) in [4.78, 5) is 4.07. The minimum absolute atomic E-state index is 0.918. The van der Waals surface area contributed by atoms with E-state index in [2.05, 4.69) is 49.9 Å². The Hall–Kier alpha value is -2.07. The third-order valence-electron chi connectivity index (χ3n) is 3.59. The molecule has 0 radical (unpaired) electrons. The Bertz CT molecular complexity index is 667. The van der Waals surface area contributed by atoms with Gasteiger partial charge in [0.15, 0.2) is 0 Å². The summed E-state index contributed by atoms with van der Waals surface area (Å²) in [5.41, 5.74) is 2.65. The molecule has 104 valence electrons. The second-order valence-corrected chi connectivity index (χ2v) is 5.09. The summed E-state index contributed by atoms with van der Waals surface area (Å²) in [6.45, 7) is 2.96. The molecule has 0 amide bonds. The van der Waals surface area contributed by atoms with Crippen LogP contribution < -0.4 is 5.32 Å². The average Bonchev–Trinajstić information content (AvgIpc) is 3.09. The number of hydrogen-bond acceptors (Lipinski definition) is 2. The third-order valence-corrected chi connectivity index (χ3v) is 3.59. The lowest BCUT2D eigenvalue weighted by Gasteiger charge is -2.07. The van der Waals surface area contributed by atoms with Gasteiger partial charge in [0.2, 0.25) is 0 Å². The first-order valence-corrected chi connectivity index (χ1v) is 7.05. The van der Waals surface area contributed by atoms with Crippen LogP contribution in [-0.2, 0) is 19.6 Å². The third kappa shape index (κ3) is 2.75. The number of nitrogens with one attached hydrogen (secondary N) is 1. The van der Waals surface area contributed by atoms with Gasteiger partial charge in [-0.15, -0.1) is 0 Å². The van der Waals surface area contributed by atoms with Gasteiger partial charge < -0.3 is 14.5 Å². The summed E-state index contributed by atoms with van der Waals surface area (Å²) in [7, 11) is 1.98. The van der Waals surface area contributed by atoms with E-state index in [0.29, 0.717) is 0 Å². The minimum atomic E-state index is 0.918. The van der Waals surface area contributed by atoms with Crippen LogP contribution >= 0.6 is 0 Å². The van der Waals surface area contributed by atoms with Crippen LogP contribution in [0.2, 0.25) is 0 Å². The van der Waals surface area contributed by atoms with Crippen LogP contribution in [0.3, 0.4) is 0 Å². The zero-order valence-electron chi connectivity index (χ0n) is 11.8. The van der Waals surface area contributed by atoms with Crippen molar-refractivity contribution in [3.8, 4) is 0 Å². The molecule has 0 aliphatic rings. The lowest BCUT2D eigenvalue weighted by atomic mass is 10.1. The van der Waals surface area contributed by atoms with Gasteiger partial charge in [-0.3, -0.25) is 0 Å². The van der Waals surface area contributed by atoms with Crippen molar-refractivity contribution in [1.29, 1.82) is 0 Å². The van der Waals surface area contributed by atoms with Gasteiger partial charge in [-0.25, -0.2) is 4.98 Å². The quantitative estimate of drug-likeness (QED) is 0.746. The molecule has 4 nitrogen and oxygen atoms in total. The highest BCUT2D eigenvalue weighted by molar-refractivity contribution is 5.80. The minimum Gasteiger partial charge on any atom is -0.347 e. The molecular weight excluding hydrogens is 248 g/mol. The van der Waals surface area contributed by atoms with Gasteiger partial charge >= 0.3 is 0 Å². The number of hydrogen-bond donors (Lipinski definition) is 1. The van der Waals surface area contributed by atoms with E-state index in [1.807, 2.05) is 25.8 Å². The summed E-state index contributed by atoms with van der Waals surface area (Å²) >= 11 is 0. The molecule has 0 atom stereocenters. The molecule has 1 aromatic carbocycles. The lowest BCUT2D eigenvalue weighted by molar-refractivity contribution is 0.573. The summed E-state index contributed by atoms with van der Waals surface area (Å²) < 4.78 is 4.45. The van der Waals surface area contributed by atoms with Gasteiger partial charge in [0, 0.05) is 43.7 Å².